The van der Waals surface area contributed by atoms with E-state index in [-0.39, 0.29) is 5.92 Å². The first kappa shape index (κ1) is 15.5. The van der Waals surface area contributed by atoms with Gasteiger partial charge in [-0.1, -0.05) is 27.2 Å². The van der Waals surface area contributed by atoms with E-state index < -0.39 is 0 Å². The molecule has 0 aliphatic carbocycles. The molecular weight excluding hydrogens is 224 g/mol. The van der Waals surface area contributed by atoms with Gasteiger partial charge in [0.2, 0.25) is 5.91 Å². The van der Waals surface area contributed by atoms with E-state index in [4.69, 9.17) is 5.73 Å². The van der Waals surface area contributed by atoms with Crippen LogP contribution < -0.4 is 5.73 Å². The molecular formula is C15H30N2O. The second kappa shape index (κ2) is 7.78. The van der Waals surface area contributed by atoms with Crippen LogP contribution in [0.3, 0.4) is 0 Å². The number of hydrogen-bond acceptors (Lipinski definition) is 2. The Labute approximate surface area is 112 Å². The zero-order chi connectivity index (χ0) is 13.5. The lowest BCUT2D eigenvalue weighted by molar-refractivity contribution is -0.139. The molecule has 1 aliphatic rings. The minimum Gasteiger partial charge on any atom is -0.339 e. The van der Waals surface area contributed by atoms with E-state index in [9.17, 15) is 4.79 Å². The number of nitrogens with zero attached hydrogens (tertiary/aromatic N) is 1. The molecule has 1 amide bonds. The third kappa shape index (κ3) is 4.27. The van der Waals surface area contributed by atoms with Crippen LogP contribution in [0.1, 0.15) is 59.3 Å². The Balaban J connectivity index is 2.65. The van der Waals surface area contributed by atoms with E-state index in [0.717, 1.165) is 32.2 Å². The van der Waals surface area contributed by atoms with Crippen molar-refractivity contribution in [2.24, 2.45) is 17.6 Å². The third-order valence-electron chi connectivity index (χ3n) is 3.92. The largest absolute Gasteiger partial charge is 0.339 e. The summed E-state index contributed by atoms with van der Waals surface area (Å²) in [5.74, 6) is 0.878. The maximum Gasteiger partial charge on any atom is 0.227 e. The minimum atomic E-state index is 0.0301. The topological polar surface area (TPSA) is 46.3 Å². The van der Waals surface area contributed by atoms with Crippen molar-refractivity contribution in [1.29, 1.82) is 0 Å². The fourth-order valence-electron chi connectivity index (χ4n) is 3.03. The van der Waals surface area contributed by atoms with Crippen molar-refractivity contribution in [3.05, 3.63) is 0 Å². The van der Waals surface area contributed by atoms with E-state index in [2.05, 4.69) is 25.7 Å². The summed E-state index contributed by atoms with van der Waals surface area (Å²) in [6.45, 7) is 7.96. The Hall–Kier alpha value is -0.570. The molecule has 106 valence electrons. The predicted molar refractivity (Wildman–Crippen MR) is 76.3 cm³/mol. The lowest BCUT2D eigenvalue weighted by atomic mass is 9.92. The predicted octanol–water partition coefficient (Wildman–Crippen LogP) is 2.79. The number of carbonyl (C=O) groups excluding carboxylic acids is 1. The Morgan fingerprint density at radius 1 is 1.39 bits per heavy atom. The van der Waals surface area contributed by atoms with Crippen LogP contribution in [0.4, 0.5) is 0 Å². The van der Waals surface area contributed by atoms with Gasteiger partial charge in [-0.3, -0.25) is 4.79 Å². The molecule has 1 aliphatic heterocycles. The normalized spacial score (nSPS) is 22.3. The van der Waals surface area contributed by atoms with Crippen molar-refractivity contribution >= 4 is 5.91 Å². The number of likely N-dealkylation sites (tertiary alicyclic amines) is 1. The van der Waals surface area contributed by atoms with E-state index in [1.807, 2.05) is 0 Å². The molecule has 0 radical (unpaired) electrons. The van der Waals surface area contributed by atoms with E-state index in [1.54, 1.807) is 0 Å². The van der Waals surface area contributed by atoms with Crippen molar-refractivity contribution in [3.8, 4) is 0 Å². The first-order valence-electron chi connectivity index (χ1n) is 7.60. The van der Waals surface area contributed by atoms with Crippen LogP contribution in [0.2, 0.25) is 0 Å². The van der Waals surface area contributed by atoms with Gasteiger partial charge in [-0.2, -0.15) is 0 Å². The van der Waals surface area contributed by atoms with Gasteiger partial charge in [0.15, 0.2) is 0 Å². The highest BCUT2D eigenvalue weighted by Gasteiger charge is 2.30. The zero-order valence-electron chi connectivity index (χ0n) is 12.3. The van der Waals surface area contributed by atoms with Crippen molar-refractivity contribution in [2.45, 2.75) is 65.3 Å². The third-order valence-corrected chi connectivity index (χ3v) is 3.92. The minimum absolute atomic E-state index is 0.0301. The van der Waals surface area contributed by atoms with Gasteiger partial charge >= 0.3 is 0 Å². The van der Waals surface area contributed by atoms with Gasteiger partial charge in [0.05, 0.1) is 5.92 Å². The number of rotatable bonds is 6. The smallest absolute Gasteiger partial charge is 0.227 e. The van der Waals surface area contributed by atoms with Crippen molar-refractivity contribution < 1.29 is 4.79 Å². The first-order chi connectivity index (χ1) is 8.60. The molecule has 2 N–H and O–H groups in total. The monoisotopic (exact) mass is 254 g/mol. The van der Waals surface area contributed by atoms with Gasteiger partial charge in [0.25, 0.3) is 0 Å². The molecule has 0 saturated carbocycles. The Bertz CT molecular complexity index is 251. The SMILES string of the molecule is CCCC1CCCCN1C(=O)C(CN)CC(C)C. The van der Waals surface area contributed by atoms with Crippen LogP contribution in [-0.2, 0) is 4.79 Å². The standard InChI is InChI=1S/C15H30N2O/c1-4-7-14-8-5-6-9-17(14)15(18)13(11-16)10-12(2)3/h12-14H,4-11,16H2,1-3H3. The molecule has 3 nitrogen and oxygen atoms in total. The van der Waals surface area contributed by atoms with Crippen LogP contribution in [0.5, 0.6) is 0 Å². The number of carbonyl (C=O) groups is 1. The van der Waals surface area contributed by atoms with Gasteiger partial charge in [0.1, 0.15) is 0 Å². The second-order valence-electron chi connectivity index (χ2n) is 6.03. The molecule has 2 unspecified atom stereocenters. The molecule has 0 aromatic heterocycles. The highest BCUT2D eigenvalue weighted by Crippen LogP contribution is 2.24. The van der Waals surface area contributed by atoms with Gasteiger partial charge in [-0.25, -0.2) is 0 Å². The number of piperidine rings is 1. The first-order valence-corrected chi connectivity index (χ1v) is 7.60. The van der Waals surface area contributed by atoms with Gasteiger partial charge in [0, 0.05) is 19.1 Å². The summed E-state index contributed by atoms with van der Waals surface area (Å²) in [5.41, 5.74) is 5.80. The average Bonchev–Trinajstić information content (AvgIpc) is 2.36. The lowest BCUT2D eigenvalue weighted by Gasteiger charge is -2.38. The quantitative estimate of drug-likeness (QED) is 0.792. The van der Waals surface area contributed by atoms with Crippen LogP contribution in [0.25, 0.3) is 0 Å². The summed E-state index contributed by atoms with van der Waals surface area (Å²) in [6, 6.07) is 0.470. The molecule has 3 heteroatoms. The Kier molecular flexibility index (Phi) is 6.69. The number of amides is 1. The van der Waals surface area contributed by atoms with Gasteiger partial charge in [-0.05, 0) is 38.0 Å². The van der Waals surface area contributed by atoms with Crippen LogP contribution in [-0.4, -0.2) is 29.9 Å². The van der Waals surface area contributed by atoms with E-state index >= 15 is 0 Å². The summed E-state index contributed by atoms with van der Waals surface area (Å²) in [7, 11) is 0. The average molecular weight is 254 g/mol. The summed E-state index contributed by atoms with van der Waals surface area (Å²) in [4.78, 5) is 14.7. The van der Waals surface area contributed by atoms with Crippen LogP contribution in [0.15, 0.2) is 0 Å². The lowest BCUT2D eigenvalue weighted by Crippen LogP contribution is -2.48. The van der Waals surface area contributed by atoms with Crippen molar-refractivity contribution in [2.75, 3.05) is 13.1 Å². The maximum absolute atomic E-state index is 12.6. The summed E-state index contributed by atoms with van der Waals surface area (Å²) in [5, 5.41) is 0. The summed E-state index contributed by atoms with van der Waals surface area (Å²) in [6.07, 6.45) is 6.83. The summed E-state index contributed by atoms with van der Waals surface area (Å²) >= 11 is 0. The van der Waals surface area contributed by atoms with Gasteiger partial charge < -0.3 is 10.6 Å². The number of hydrogen-bond donors (Lipinski definition) is 1. The molecule has 0 bridgehead atoms. The fourth-order valence-corrected chi connectivity index (χ4v) is 3.03. The molecule has 1 saturated heterocycles. The van der Waals surface area contributed by atoms with Crippen LogP contribution >= 0.6 is 0 Å². The maximum atomic E-state index is 12.6. The Morgan fingerprint density at radius 3 is 2.67 bits per heavy atom. The molecule has 1 heterocycles. The molecule has 1 rings (SSSR count). The highest BCUT2D eigenvalue weighted by molar-refractivity contribution is 5.79. The molecule has 2 atom stereocenters. The van der Waals surface area contributed by atoms with Crippen molar-refractivity contribution in [1.82, 2.24) is 4.90 Å². The van der Waals surface area contributed by atoms with E-state index in [1.165, 1.54) is 12.8 Å². The summed E-state index contributed by atoms with van der Waals surface area (Å²) < 4.78 is 0. The van der Waals surface area contributed by atoms with Crippen molar-refractivity contribution in [3.63, 3.8) is 0 Å². The molecule has 1 fully saturated rings. The Morgan fingerprint density at radius 2 is 2.11 bits per heavy atom. The molecule has 18 heavy (non-hydrogen) atoms. The highest BCUT2D eigenvalue weighted by atomic mass is 16.2. The molecule has 0 spiro atoms. The van der Waals surface area contributed by atoms with Gasteiger partial charge in [-0.15, -0.1) is 0 Å². The second-order valence-corrected chi connectivity index (χ2v) is 6.03. The van der Waals surface area contributed by atoms with E-state index in [0.29, 0.717) is 24.4 Å². The fraction of sp³-hybridized carbons (Fsp3) is 0.933. The molecule has 0 aromatic carbocycles. The zero-order valence-corrected chi connectivity index (χ0v) is 12.3. The van der Waals surface area contributed by atoms with Crippen LogP contribution in [0, 0.1) is 11.8 Å². The molecule has 0 aromatic rings. The number of nitrogens with two attached hydrogens (primary N) is 1.